The molecule has 1 atom stereocenters. The molecule has 1 fully saturated rings. The van der Waals surface area contributed by atoms with Gasteiger partial charge in [-0.1, -0.05) is 13.8 Å². The quantitative estimate of drug-likeness (QED) is 0.695. The lowest BCUT2D eigenvalue weighted by molar-refractivity contribution is 0.242. The fourth-order valence-electron chi connectivity index (χ4n) is 1.71. The van der Waals surface area contributed by atoms with E-state index in [1.54, 1.807) is 0 Å². The molecule has 3 nitrogen and oxygen atoms in total. The van der Waals surface area contributed by atoms with Crippen molar-refractivity contribution in [3.63, 3.8) is 0 Å². The van der Waals surface area contributed by atoms with Crippen molar-refractivity contribution < 1.29 is 0 Å². The van der Waals surface area contributed by atoms with Gasteiger partial charge in [0.25, 0.3) is 0 Å². The smallest absolute Gasteiger partial charge is 0.0940 e. The monoisotopic (exact) mass is 209 g/mol. The van der Waals surface area contributed by atoms with Gasteiger partial charge in [0.15, 0.2) is 0 Å². The van der Waals surface area contributed by atoms with Crippen LogP contribution in [0.15, 0.2) is 0 Å². The Bertz CT molecular complexity index is 215. The van der Waals surface area contributed by atoms with Gasteiger partial charge in [0.05, 0.1) is 12.1 Å². The molecule has 0 aromatic rings. The second kappa shape index (κ2) is 6.09. The van der Waals surface area contributed by atoms with E-state index in [-0.39, 0.29) is 6.04 Å². The van der Waals surface area contributed by atoms with Gasteiger partial charge in [-0.05, 0) is 38.1 Å². The van der Waals surface area contributed by atoms with E-state index in [4.69, 9.17) is 11.0 Å². The third-order valence-corrected chi connectivity index (χ3v) is 2.95. The molecule has 86 valence electrons. The van der Waals surface area contributed by atoms with E-state index in [9.17, 15) is 0 Å². The van der Waals surface area contributed by atoms with Gasteiger partial charge in [-0.3, -0.25) is 0 Å². The van der Waals surface area contributed by atoms with Crippen LogP contribution >= 0.6 is 0 Å². The van der Waals surface area contributed by atoms with Crippen molar-refractivity contribution in [2.24, 2.45) is 11.7 Å². The lowest BCUT2D eigenvalue weighted by atomic mass is 10.1. The normalized spacial score (nSPS) is 18.1. The van der Waals surface area contributed by atoms with E-state index in [1.165, 1.54) is 25.8 Å². The Morgan fingerprint density at radius 3 is 2.40 bits per heavy atom. The summed E-state index contributed by atoms with van der Waals surface area (Å²) < 4.78 is 0. The van der Waals surface area contributed by atoms with Crippen molar-refractivity contribution in [1.29, 1.82) is 5.26 Å². The summed E-state index contributed by atoms with van der Waals surface area (Å²) in [7, 11) is 0. The third kappa shape index (κ3) is 5.15. The van der Waals surface area contributed by atoms with Gasteiger partial charge in [0, 0.05) is 12.6 Å². The Morgan fingerprint density at radius 1 is 1.33 bits per heavy atom. The molecule has 0 heterocycles. The summed E-state index contributed by atoms with van der Waals surface area (Å²) in [6.07, 6.45) is 4.73. The van der Waals surface area contributed by atoms with Crippen LogP contribution in [0.3, 0.4) is 0 Å². The van der Waals surface area contributed by atoms with Crippen molar-refractivity contribution in [3.8, 4) is 6.07 Å². The Hall–Kier alpha value is -0.590. The van der Waals surface area contributed by atoms with Gasteiger partial charge in [-0.25, -0.2) is 0 Å². The summed E-state index contributed by atoms with van der Waals surface area (Å²) in [6.45, 7) is 6.67. The minimum Gasteiger partial charge on any atom is -0.316 e. The van der Waals surface area contributed by atoms with Crippen LogP contribution in [0.25, 0.3) is 0 Å². The van der Waals surface area contributed by atoms with Gasteiger partial charge in [0.1, 0.15) is 0 Å². The van der Waals surface area contributed by atoms with Crippen LogP contribution in [-0.2, 0) is 0 Å². The zero-order chi connectivity index (χ0) is 11.3. The van der Waals surface area contributed by atoms with Gasteiger partial charge in [0.2, 0.25) is 0 Å². The van der Waals surface area contributed by atoms with Crippen molar-refractivity contribution in [2.45, 2.75) is 51.6 Å². The highest BCUT2D eigenvalue weighted by Gasteiger charge is 2.28. The first-order chi connectivity index (χ1) is 7.13. The van der Waals surface area contributed by atoms with Crippen LogP contribution in [0.4, 0.5) is 0 Å². The maximum Gasteiger partial charge on any atom is 0.0940 e. The van der Waals surface area contributed by atoms with Gasteiger partial charge in [-0.2, -0.15) is 5.26 Å². The predicted octanol–water partition coefficient (Wildman–Crippen LogP) is 1.74. The Labute approximate surface area is 93.2 Å². The molecule has 0 spiro atoms. The Morgan fingerprint density at radius 2 is 1.93 bits per heavy atom. The first kappa shape index (κ1) is 12.5. The predicted molar refractivity (Wildman–Crippen MR) is 62.3 cm³/mol. The van der Waals surface area contributed by atoms with Crippen LogP contribution < -0.4 is 5.73 Å². The van der Waals surface area contributed by atoms with Crippen molar-refractivity contribution in [1.82, 2.24) is 4.90 Å². The average Bonchev–Trinajstić information content (AvgIpc) is 3.00. The topological polar surface area (TPSA) is 53.0 Å². The van der Waals surface area contributed by atoms with E-state index < -0.39 is 0 Å². The van der Waals surface area contributed by atoms with Crippen molar-refractivity contribution in [3.05, 3.63) is 0 Å². The molecule has 0 aromatic carbocycles. The van der Waals surface area contributed by atoms with Crippen molar-refractivity contribution in [2.75, 3.05) is 13.1 Å². The second-order valence-corrected chi connectivity index (χ2v) is 4.97. The highest BCUT2D eigenvalue weighted by atomic mass is 15.2. The number of nitriles is 1. The zero-order valence-electron chi connectivity index (χ0n) is 9.95. The average molecular weight is 209 g/mol. The van der Waals surface area contributed by atoms with Gasteiger partial charge < -0.3 is 10.6 Å². The number of rotatable bonds is 7. The molecular weight excluding hydrogens is 186 g/mol. The minimum atomic E-state index is -0.287. The molecule has 3 heteroatoms. The molecule has 1 aliphatic rings. The minimum absolute atomic E-state index is 0.287. The molecule has 2 N–H and O–H groups in total. The molecule has 0 radical (unpaired) electrons. The highest BCUT2D eigenvalue weighted by Crippen LogP contribution is 2.27. The molecule has 1 aliphatic carbocycles. The number of hydrogen-bond donors (Lipinski definition) is 1. The zero-order valence-corrected chi connectivity index (χ0v) is 9.95. The summed E-state index contributed by atoms with van der Waals surface area (Å²) in [5.74, 6) is 0.760. The summed E-state index contributed by atoms with van der Waals surface area (Å²) in [4.78, 5) is 2.51. The molecule has 0 saturated heterocycles. The first-order valence-electron chi connectivity index (χ1n) is 6.02. The van der Waals surface area contributed by atoms with E-state index in [2.05, 4.69) is 24.8 Å². The van der Waals surface area contributed by atoms with E-state index >= 15 is 0 Å². The molecule has 1 saturated carbocycles. The maximum atomic E-state index is 8.63. The van der Waals surface area contributed by atoms with Crippen LogP contribution in [0.5, 0.6) is 0 Å². The molecule has 0 bridgehead atoms. The maximum absolute atomic E-state index is 8.63. The number of nitrogens with two attached hydrogens (primary N) is 1. The molecular formula is C12H23N3. The van der Waals surface area contributed by atoms with Gasteiger partial charge >= 0.3 is 0 Å². The highest BCUT2D eigenvalue weighted by molar-refractivity contribution is 4.90. The van der Waals surface area contributed by atoms with E-state index in [0.29, 0.717) is 0 Å². The standard InChI is InChI=1S/C12H23N3/c1-10(2)5-7-15(12-3-4-12)8-6-11(14)9-13/h10-12H,3-8,14H2,1-2H3. The van der Waals surface area contributed by atoms with E-state index in [0.717, 1.165) is 24.9 Å². The second-order valence-electron chi connectivity index (χ2n) is 4.97. The number of nitrogens with zero attached hydrogens (tertiary/aromatic N) is 2. The fraction of sp³-hybridized carbons (Fsp3) is 0.917. The van der Waals surface area contributed by atoms with Crippen LogP contribution in [0, 0.1) is 17.2 Å². The molecule has 1 unspecified atom stereocenters. The van der Waals surface area contributed by atoms with Crippen LogP contribution in [0.1, 0.15) is 39.5 Å². The van der Waals surface area contributed by atoms with Gasteiger partial charge in [-0.15, -0.1) is 0 Å². The summed E-state index contributed by atoms with van der Waals surface area (Å²) >= 11 is 0. The SMILES string of the molecule is CC(C)CCN(CCC(N)C#N)C1CC1. The lowest BCUT2D eigenvalue weighted by Gasteiger charge is -2.23. The lowest BCUT2D eigenvalue weighted by Crippen LogP contribution is -2.32. The Kier molecular flexibility index (Phi) is 5.07. The summed E-state index contributed by atoms with van der Waals surface area (Å²) in [6, 6.07) is 2.60. The molecule has 1 rings (SSSR count). The largest absolute Gasteiger partial charge is 0.316 e. The molecule has 15 heavy (non-hydrogen) atoms. The van der Waals surface area contributed by atoms with Crippen LogP contribution in [0.2, 0.25) is 0 Å². The summed E-state index contributed by atoms with van der Waals surface area (Å²) in [5.41, 5.74) is 5.61. The van der Waals surface area contributed by atoms with Crippen molar-refractivity contribution >= 4 is 0 Å². The number of hydrogen-bond acceptors (Lipinski definition) is 3. The van der Waals surface area contributed by atoms with E-state index in [1.807, 2.05) is 0 Å². The summed E-state index contributed by atoms with van der Waals surface area (Å²) in [5, 5.41) is 8.63. The third-order valence-electron chi connectivity index (χ3n) is 2.95. The Balaban J connectivity index is 2.22. The molecule has 0 aliphatic heterocycles. The molecule has 0 amide bonds. The first-order valence-corrected chi connectivity index (χ1v) is 6.02. The molecule has 0 aromatic heterocycles. The fourth-order valence-corrected chi connectivity index (χ4v) is 1.71. The van der Waals surface area contributed by atoms with Crippen LogP contribution in [-0.4, -0.2) is 30.1 Å².